The first-order chi connectivity index (χ1) is 5.29. The smallest absolute Gasteiger partial charge is 0.396 e. The van der Waals surface area contributed by atoms with Crippen molar-refractivity contribution in [2.45, 2.75) is 25.4 Å². The highest BCUT2D eigenvalue weighted by Gasteiger charge is 2.23. The molecule has 1 unspecified atom stereocenters. The van der Waals surface area contributed by atoms with Crippen LogP contribution in [-0.2, 0) is 8.85 Å². The summed E-state index contributed by atoms with van der Waals surface area (Å²) >= 11 is 0. The lowest BCUT2D eigenvalue weighted by Crippen LogP contribution is -2.44. The van der Waals surface area contributed by atoms with Gasteiger partial charge in [0.1, 0.15) is 0 Å². The van der Waals surface area contributed by atoms with Crippen LogP contribution >= 0.6 is 0 Å². The molecule has 4 heteroatoms. The lowest BCUT2D eigenvalue weighted by Gasteiger charge is -2.19. The molecule has 0 heterocycles. The molecule has 11 heavy (non-hydrogen) atoms. The molecule has 1 atom stereocenters. The molecule has 0 aromatic carbocycles. The van der Waals surface area contributed by atoms with Crippen LogP contribution in [-0.4, -0.2) is 36.2 Å². The standard InChI is InChI=1S/C7H18NO2Si/c1-5-6-7(8-2)11(9-3)10-4/h7-8H,5-6H2,1-4H3. The van der Waals surface area contributed by atoms with Crippen molar-refractivity contribution in [3.63, 3.8) is 0 Å². The molecule has 0 rings (SSSR count). The van der Waals surface area contributed by atoms with E-state index in [1.54, 1.807) is 14.2 Å². The highest BCUT2D eigenvalue weighted by Crippen LogP contribution is 2.01. The van der Waals surface area contributed by atoms with Crippen molar-refractivity contribution >= 4 is 9.28 Å². The predicted molar refractivity (Wildman–Crippen MR) is 47.5 cm³/mol. The van der Waals surface area contributed by atoms with Crippen molar-refractivity contribution in [2.24, 2.45) is 0 Å². The molecule has 0 aromatic rings. The molecule has 0 saturated carbocycles. The van der Waals surface area contributed by atoms with Crippen LogP contribution in [0.4, 0.5) is 0 Å². The maximum atomic E-state index is 5.22. The van der Waals surface area contributed by atoms with Crippen molar-refractivity contribution in [2.75, 3.05) is 21.3 Å². The Labute approximate surface area is 70.9 Å². The fraction of sp³-hybridized carbons (Fsp3) is 1.00. The highest BCUT2D eigenvalue weighted by atomic mass is 28.3. The molecule has 0 aliphatic carbocycles. The molecule has 0 aliphatic heterocycles. The lowest BCUT2D eigenvalue weighted by atomic mass is 10.3. The molecule has 1 radical (unpaired) electrons. The summed E-state index contributed by atoms with van der Waals surface area (Å²) in [5.74, 6) is 0. The van der Waals surface area contributed by atoms with E-state index in [0.717, 1.165) is 12.8 Å². The molecular formula is C7H18NO2Si. The van der Waals surface area contributed by atoms with E-state index in [4.69, 9.17) is 8.85 Å². The zero-order valence-corrected chi connectivity index (χ0v) is 8.81. The molecule has 67 valence electrons. The van der Waals surface area contributed by atoms with Gasteiger partial charge in [-0.3, -0.25) is 0 Å². The first kappa shape index (κ1) is 11.1. The Bertz CT molecular complexity index is 88.5. The van der Waals surface area contributed by atoms with Crippen molar-refractivity contribution < 1.29 is 8.85 Å². The van der Waals surface area contributed by atoms with Gasteiger partial charge in [-0.25, -0.2) is 0 Å². The lowest BCUT2D eigenvalue weighted by molar-refractivity contribution is 0.258. The fourth-order valence-electron chi connectivity index (χ4n) is 1.04. The van der Waals surface area contributed by atoms with E-state index in [1.807, 2.05) is 7.05 Å². The third-order valence-corrected chi connectivity index (χ3v) is 3.56. The van der Waals surface area contributed by atoms with Gasteiger partial charge in [-0.2, -0.15) is 0 Å². The summed E-state index contributed by atoms with van der Waals surface area (Å²) in [6, 6.07) is 0. The van der Waals surface area contributed by atoms with Crippen molar-refractivity contribution in [1.82, 2.24) is 5.32 Å². The molecule has 0 spiro atoms. The summed E-state index contributed by atoms with van der Waals surface area (Å²) in [6.45, 7) is 2.16. The van der Waals surface area contributed by atoms with Crippen LogP contribution in [0.5, 0.6) is 0 Å². The van der Waals surface area contributed by atoms with Crippen LogP contribution in [0, 0.1) is 0 Å². The summed E-state index contributed by atoms with van der Waals surface area (Å²) < 4.78 is 10.4. The summed E-state index contributed by atoms with van der Waals surface area (Å²) in [6.07, 6.45) is 2.28. The zero-order valence-electron chi connectivity index (χ0n) is 7.81. The van der Waals surface area contributed by atoms with E-state index in [2.05, 4.69) is 12.2 Å². The molecule has 0 amide bonds. The number of hydrogen-bond donors (Lipinski definition) is 1. The second-order valence-corrected chi connectivity index (χ2v) is 4.51. The quantitative estimate of drug-likeness (QED) is 0.604. The van der Waals surface area contributed by atoms with E-state index in [9.17, 15) is 0 Å². The van der Waals surface area contributed by atoms with Gasteiger partial charge in [-0.15, -0.1) is 0 Å². The first-order valence-corrected chi connectivity index (χ1v) is 5.31. The van der Waals surface area contributed by atoms with Crippen LogP contribution in [0.15, 0.2) is 0 Å². The third kappa shape index (κ3) is 3.86. The topological polar surface area (TPSA) is 30.5 Å². The van der Waals surface area contributed by atoms with E-state index >= 15 is 0 Å². The van der Waals surface area contributed by atoms with Crippen molar-refractivity contribution in [1.29, 1.82) is 0 Å². The van der Waals surface area contributed by atoms with Gasteiger partial charge in [-0.05, 0) is 13.5 Å². The fourth-order valence-corrected chi connectivity index (χ4v) is 2.53. The molecule has 1 N–H and O–H groups in total. The van der Waals surface area contributed by atoms with E-state index in [0.29, 0.717) is 5.67 Å². The van der Waals surface area contributed by atoms with Gasteiger partial charge in [0.05, 0.1) is 5.67 Å². The molecule has 0 saturated heterocycles. The number of hydrogen-bond acceptors (Lipinski definition) is 3. The minimum Gasteiger partial charge on any atom is -0.396 e. The average molecular weight is 176 g/mol. The molecule has 0 bridgehead atoms. The summed E-state index contributed by atoms with van der Waals surface area (Å²) in [5, 5.41) is 3.20. The Morgan fingerprint density at radius 3 is 2.18 bits per heavy atom. The van der Waals surface area contributed by atoms with E-state index in [1.165, 1.54) is 0 Å². The Morgan fingerprint density at radius 2 is 1.91 bits per heavy atom. The van der Waals surface area contributed by atoms with Crippen LogP contribution in [0.2, 0.25) is 0 Å². The van der Waals surface area contributed by atoms with Crippen molar-refractivity contribution in [3.05, 3.63) is 0 Å². The summed E-state index contributed by atoms with van der Waals surface area (Å²) in [7, 11) is 4.27. The minimum absolute atomic E-state index is 0.403. The second kappa shape index (κ2) is 6.79. The Kier molecular flexibility index (Phi) is 6.85. The van der Waals surface area contributed by atoms with Gasteiger partial charge in [0.15, 0.2) is 0 Å². The van der Waals surface area contributed by atoms with Gasteiger partial charge >= 0.3 is 9.28 Å². The minimum atomic E-state index is -1.09. The highest BCUT2D eigenvalue weighted by molar-refractivity contribution is 6.46. The van der Waals surface area contributed by atoms with Gasteiger partial charge in [-0.1, -0.05) is 13.3 Å². The monoisotopic (exact) mass is 176 g/mol. The Hall–Kier alpha value is 0.0969. The summed E-state index contributed by atoms with van der Waals surface area (Å²) in [5.41, 5.74) is 0.403. The Morgan fingerprint density at radius 1 is 1.36 bits per heavy atom. The van der Waals surface area contributed by atoms with Crippen LogP contribution < -0.4 is 5.32 Å². The SMILES string of the molecule is CCCC(NC)[Si](OC)OC. The third-order valence-electron chi connectivity index (χ3n) is 1.61. The van der Waals surface area contributed by atoms with Crippen molar-refractivity contribution in [3.8, 4) is 0 Å². The van der Waals surface area contributed by atoms with Gasteiger partial charge in [0, 0.05) is 14.2 Å². The molecule has 0 aliphatic rings. The van der Waals surface area contributed by atoms with Crippen LogP contribution in [0.3, 0.4) is 0 Å². The maximum absolute atomic E-state index is 5.22. The number of rotatable bonds is 6. The van der Waals surface area contributed by atoms with Crippen LogP contribution in [0.25, 0.3) is 0 Å². The normalized spacial score (nSPS) is 13.9. The van der Waals surface area contributed by atoms with Gasteiger partial charge < -0.3 is 14.2 Å². The summed E-state index contributed by atoms with van der Waals surface area (Å²) in [4.78, 5) is 0. The first-order valence-electron chi connectivity index (χ1n) is 3.92. The zero-order chi connectivity index (χ0) is 8.69. The van der Waals surface area contributed by atoms with Crippen LogP contribution in [0.1, 0.15) is 19.8 Å². The second-order valence-electron chi connectivity index (χ2n) is 2.36. The largest absolute Gasteiger partial charge is 0.402 e. The van der Waals surface area contributed by atoms with Gasteiger partial charge in [0.25, 0.3) is 0 Å². The van der Waals surface area contributed by atoms with E-state index in [-0.39, 0.29) is 0 Å². The molecule has 0 fully saturated rings. The maximum Gasteiger partial charge on any atom is 0.402 e. The Balaban J connectivity index is 3.76. The van der Waals surface area contributed by atoms with E-state index < -0.39 is 9.28 Å². The average Bonchev–Trinajstić information content (AvgIpc) is 2.05. The molecular weight excluding hydrogens is 158 g/mol. The molecule has 0 aromatic heterocycles. The number of nitrogens with one attached hydrogen (secondary N) is 1. The molecule has 3 nitrogen and oxygen atoms in total. The predicted octanol–water partition coefficient (Wildman–Crippen LogP) is 0.695. The van der Waals surface area contributed by atoms with Gasteiger partial charge in [0.2, 0.25) is 0 Å².